The quantitative estimate of drug-likeness (QED) is 0.636. The third-order valence-corrected chi connectivity index (χ3v) is 3.23. The number of carbonyl (C=O) groups excluding carboxylic acids is 2. The van der Waals surface area contributed by atoms with E-state index in [9.17, 15) is 9.59 Å². The van der Waals surface area contributed by atoms with Gasteiger partial charge < -0.3 is 4.74 Å². The molecule has 0 atom stereocenters. The van der Waals surface area contributed by atoms with Crippen molar-refractivity contribution in [3.05, 3.63) is 65.5 Å². The van der Waals surface area contributed by atoms with Gasteiger partial charge in [-0.05, 0) is 63.1 Å². The second kappa shape index (κ2) is 7.75. The summed E-state index contributed by atoms with van der Waals surface area (Å²) in [5, 5.41) is 2.66. The first kappa shape index (κ1) is 18.4. The zero-order valence-electron chi connectivity index (χ0n) is 14.9. The molecule has 2 rings (SSSR count). The van der Waals surface area contributed by atoms with E-state index in [0.717, 1.165) is 11.1 Å². The number of aryl methyl sites for hydroxylation is 1. The molecule has 1 N–H and O–H groups in total. The third-order valence-electron chi connectivity index (χ3n) is 3.23. The number of ether oxygens (including phenoxy) is 1. The first-order chi connectivity index (χ1) is 11.7. The van der Waals surface area contributed by atoms with E-state index in [2.05, 4.69) is 10.3 Å². The summed E-state index contributed by atoms with van der Waals surface area (Å²) in [6.07, 6.45) is 4.31. The second-order valence-corrected chi connectivity index (χ2v) is 6.62. The van der Waals surface area contributed by atoms with E-state index in [-0.39, 0.29) is 7.21 Å². The van der Waals surface area contributed by atoms with Crippen molar-refractivity contribution >= 4 is 23.6 Å². The first-order valence-corrected chi connectivity index (χ1v) is 7.99. The summed E-state index contributed by atoms with van der Waals surface area (Å²) in [4.78, 5) is 28.0. The molecule has 1 aromatic carbocycles. The Morgan fingerprint density at radius 2 is 1.84 bits per heavy atom. The van der Waals surface area contributed by atoms with Crippen LogP contribution in [-0.2, 0) is 4.74 Å². The number of benzene rings is 1. The summed E-state index contributed by atoms with van der Waals surface area (Å²) < 4.78 is 5.20. The lowest BCUT2D eigenvalue weighted by atomic mass is 10.1. The largest absolute Gasteiger partial charge is 0.444 e. The van der Waals surface area contributed by atoms with Gasteiger partial charge in [-0.1, -0.05) is 24.3 Å². The Morgan fingerprint density at radius 3 is 2.44 bits per heavy atom. The standard InChI is InChI=1S/C20H22N2O3.H2/c1-14-6-5-13-21-18(14)17(23)12-9-15-7-10-16(11-8-15)22-19(24)25-20(2,3)4;/h5-13H,1-4H3,(H,22,24);1H/b12-9+;. The van der Waals surface area contributed by atoms with Crippen LogP contribution in [0, 0.1) is 6.92 Å². The lowest BCUT2D eigenvalue weighted by Crippen LogP contribution is -2.27. The van der Waals surface area contributed by atoms with Gasteiger partial charge in [0.15, 0.2) is 0 Å². The zero-order valence-corrected chi connectivity index (χ0v) is 14.9. The molecule has 5 nitrogen and oxygen atoms in total. The zero-order chi connectivity index (χ0) is 18.4. The Balaban J connectivity index is 0.00000338. The van der Waals surface area contributed by atoms with Crippen molar-refractivity contribution in [1.82, 2.24) is 4.98 Å². The van der Waals surface area contributed by atoms with Crippen LogP contribution in [0.4, 0.5) is 10.5 Å². The maximum absolute atomic E-state index is 12.2. The van der Waals surface area contributed by atoms with E-state index in [4.69, 9.17) is 4.74 Å². The summed E-state index contributed by atoms with van der Waals surface area (Å²) in [6, 6.07) is 10.8. The number of rotatable bonds is 4. The van der Waals surface area contributed by atoms with Crippen LogP contribution < -0.4 is 5.32 Å². The number of nitrogens with zero attached hydrogens (tertiary/aromatic N) is 1. The molecule has 0 radical (unpaired) electrons. The molecule has 0 aliphatic carbocycles. The lowest BCUT2D eigenvalue weighted by Gasteiger charge is -2.19. The van der Waals surface area contributed by atoms with Crippen LogP contribution in [0.3, 0.4) is 0 Å². The highest BCUT2D eigenvalue weighted by atomic mass is 16.6. The van der Waals surface area contributed by atoms with Gasteiger partial charge in [-0.2, -0.15) is 0 Å². The molecular formula is C20H24N2O3. The smallest absolute Gasteiger partial charge is 0.412 e. The van der Waals surface area contributed by atoms with Crippen molar-refractivity contribution < 1.29 is 15.8 Å². The van der Waals surface area contributed by atoms with Gasteiger partial charge in [0, 0.05) is 13.3 Å². The molecule has 1 aromatic heterocycles. The number of carbonyl (C=O) groups is 2. The molecule has 25 heavy (non-hydrogen) atoms. The molecule has 0 bridgehead atoms. The highest BCUT2D eigenvalue weighted by molar-refractivity contribution is 6.06. The fourth-order valence-electron chi connectivity index (χ4n) is 2.09. The van der Waals surface area contributed by atoms with Gasteiger partial charge in [-0.3, -0.25) is 15.1 Å². The molecule has 0 spiro atoms. The van der Waals surface area contributed by atoms with Crippen LogP contribution in [0.5, 0.6) is 0 Å². The molecule has 2 aromatic rings. The van der Waals surface area contributed by atoms with Crippen LogP contribution in [-0.4, -0.2) is 22.5 Å². The first-order valence-electron chi connectivity index (χ1n) is 7.99. The maximum Gasteiger partial charge on any atom is 0.412 e. The van der Waals surface area contributed by atoms with Gasteiger partial charge in [-0.15, -0.1) is 0 Å². The predicted molar refractivity (Wildman–Crippen MR) is 101 cm³/mol. The number of allylic oxidation sites excluding steroid dienone is 1. The minimum Gasteiger partial charge on any atom is -0.444 e. The monoisotopic (exact) mass is 340 g/mol. The molecule has 0 saturated carbocycles. The SMILES string of the molecule is Cc1cccnc1C(=O)/C=C/c1ccc(NC(=O)OC(C)(C)C)cc1.[HH]. The topological polar surface area (TPSA) is 68.3 Å². The number of hydrogen-bond acceptors (Lipinski definition) is 4. The van der Waals surface area contributed by atoms with Crippen LogP contribution in [0.25, 0.3) is 6.08 Å². The van der Waals surface area contributed by atoms with E-state index >= 15 is 0 Å². The third kappa shape index (κ3) is 5.88. The molecule has 1 heterocycles. The Morgan fingerprint density at radius 1 is 1.16 bits per heavy atom. The summed E-state index contributed by atoms with van der Waals surface area (Å²) in [5.74, 6) is -0.144. The maximum atomic E-state index is 12.2. The van der Waals surface area contributed by atoms with Crippen molar-refractivity contribution in [3.63, 3.8) is 0 Å². The van der Waals surface area contributed by atoms with E-state index in [1.807, 2.05) is 25.1 Å². The molecule has 0 aliphatic rings. The molecule has 0 fully saturated rings. The number of hydrogen-bond donors (Lipinski definition) is 1. The molecule has 0 aliphatic heterocycles. The molecule has 132 valence electrons. The van der Waals surface area contributed by atoms with E-state index in [1.54, 1.807) is 51.2 Å². The molecule has 0 unspecified atom stereocenters. The van der Waals surface area contributed by atoms with Crippen molar-refractivity contribution in [3.8, 4) is 0 Å². The van der Waals surface area contributed by atoms with Gasteiger partial charge in [-0.25, -0.2) is 4.79 Å². The van der Waals surface area contributed by atoms with Gasteiger partial charge in [0.1, 0.15) is 11.3 Å². The van der Waals surface area contributed by atoms with E-state index < -0.39 is 11.7 Å². The Hall–Kier alpha value is -2.95. The van der Waals surface area contributed by atoms with E-state index in [0.29, 0.717) is 11.4 Å². The Bertz CT molecular complexity index is 793. The number of nitrogens with one attached hydrogen (secondary N) is 1. The number of ketones is 1. The second-order valence-electron chi connectivity index (χ2n) is 6.62. The Labute approximate surface area is 149 Å². The molecule has 5 heteroatoms. The highest BCUT2D eigenvalue weighted by Crippen LogP contribution is 2.14. The van der Waals surface area contributed by atoms with E-state index in [1.165, 1.54) is 6.08 Å². The van der Waals surface area contributed by atoms with Crippen LogP contribution in [0.2, 0.25) is 0 Å². The van der Waals surface area contributed by atoms with Gasteiger partial charge in [0.05, 0.1) is 0 Å². The van der Waals surface area contributed by atoms with Gasteiger partial charge in [0.25, 0.3) is 0 Å². The van der Waals surface area contributed by atoms with Gasteiger partial charge in [0.2, 0.25) is 5.78 Å². The van der Waals surface area contributed by atoms with Gasteiger partial charge >= 0.3 is 6.09 Å². The van der Waals surface area contributed by atoms with Crippen LogP contribution >= 0.6 is 0 Å². The normalized spacial score (nSPS) is 11.4. The van der Waals surface area contributed by atoms with Crippen LogP contribution in [0.1, 0.15) is 43.8 Å². The minimum atomic E-state index is -0.545. The van der Waals surface area contributed by atoms with Crippen LogP contribution in [0.15, 0.2) is 48.7 Å². The summed E-state index contributed by atoms with van der Waals surface area (Å²) in [5.41, 5.74) is 2.21. The minimum absolute atomic E-state index is 0. The number of anilines is 1. The number of amides is 1. The fourth-order valence-corrected chi connectivity index (χ4v) is 2.09. The van der Waals surface area contributed by atoms with Crippen molar-refractivity contribution in [1.29, 1.82) is 0 Å². The summed E-state index contributed by atoms with van der Waals surface area (Å²) in [7, 11) is 0. The molecular weight excluding hydrogens is 316 g/mol. The number of aromatic nitrogens is 1. The average molecular weight is 340 g/mol. The van der Waals surface area contributed by atoms with Crippen molar-refractivity contribution in [2.75, 3.05) is 5.32 Å². The average Bonchev–Trinajstić information content (AvgIpc) is 2.52. The lowest BCUT2D eigenvalue weighted by molar-refractivity contribution is 0.0635. The van der Waals surface area contributed by atoms with Crippen molar-refractivity contribution in [2.45, 2.75) is 33.3 Å². The molecule has 0 saturated heterocycles. The molecule has 1 amide bonds. The highest BCUT2D eigenvalue weighted by Gasteiger charge is 2.16. The Kier molecular flexibility index (Phi) is 5.70. The predicted octanol–water partition coefficient (Wildman–Crippen LogP) is 4.88. The summed E-state index contributed by atoms with van der Waals surface area (Å²) >= 11 is 0. The summed E-state index contributed by atoms with van der Waals surface area (Å²) in [6.45, 7) is 7.27. The van der Waals surface area contributed by atoms with Crippen molar-refractivity contribution in [2.24, 2.45) is 0 Å². The fraction of sp³-hybridized carbons (Fsp3) is 0.250. The number of pyridine rings is 1.